The number of hydrogen-bond donors (Lipinski definition) is 2. The normalized spacial score (nSPS) is 11.3. The Hall–Kier alpha value is -3.18. The van der Waals surface area contributed by atoms with Crippen LogP contribution in [0, 0.1) is 0 Å². The first-order chi connectivity index (χ1) is 21.6. The van der Waals surface area contributed by atoms with E-state index >= 15 is 0 Å². The lowest BCUT2D eigenvalue weighted by atomic mass is 9.99. The van der Waals surface area contributed by atoms with Gasteiger partial charge < -0.3 is 10.2 Å². The molecule has 3 aromatic carbocycles. The Morgan fingerprint density at radius 3 is 1.68 bits per heavy atom. The van der Waals surface area contributed by atoms with Crippen LogP contribution < -0.4 is 0 Å². The Kier molecular flexibility index (Phi) is 14.2. The van der Waals surface area contributed by atoms with E-state index in [2.05, 4.69) is 38.1 Å². The van der Waals surface area contributed by atoms with Gasteiger partial charge in [-0.3, -0.25) is 0 Å². The van der Waals surface area contributed by atoms with Crippen molar-refractivity contribution in [2.45, 2.75) is 115 Å². The third kappa shape index (κ3) is 10.2. The number of phenols is 2. The van der Waals surface area contributed by atoms with E-state index in [9.17, 15) is 10.2 Å². The van der Waals surface area contributed by atoms with Crippen LogP contribution in [0.15, 0.2) is 77.7 Å². The van der Waals surface area contributed by atoms with E-state index < -0.39 is 0 Å². The van der Waals surface area contributed by atoms with Crippen LogP contribution >= 0.6 is 11.8 Å². The Morgan fingerprint density at radius 1 is 0.614 bits per heavy atom. The molecule has 44 heavy (non-hydrogen) atoms. The highest BCUT2D eigenvalue weighted by atomic mass is 32.2. The molecule has 4 aromatic rings. The van der Waals surface area contributed by atoms with E-state index in [4.69, 9.17) is 5.10 Å². The van der Waals surface area contributed by atoms with Gasteiger partial charge in [0.1, 0.15) is 11.5 Å². The van der Waals surface area contributed by atoms with Gasteiger partial charge in [0.15, 0.2) is 0 Å². The monoisotopic (exact) mass is 612 g/mol. The number of aromatic nitrogens is 2. The summed E-state index contributed by atoms with van der Waals surface area (Å²) in [5.74, 6) is 1.62. The zero-order valence-corrected chi connectivity index (χ0v) is 27.8. The fourth-order valence-corrected chi connectivity index (χ4v) is 6.89. The van der Waals surface area contributed by atoms with Gasteiger partial charge in [0.2, 0.25) is 0 Å². The zero-order chi connectivity index (χ0) is 31.0. The van der Waals surface area contributed by atoms with Crippen LogP contribution in [0.2, 0.25) is 0 Å². The van der Waals surface area contributed by atoms with Gasteiger partial charge in [-0.15, -0.1) is 11.8 Å². The summed E-state index contributed by atoms with van der Waals surface area (Å²) in [7, 11) is 0. The average Bonchev–Trinajstić information content (AvgIpc) is 3.43. The lowest BCUT2D eigenvalue weighted by Crippen LogP contribution is -2.00. The molecule has 0 unspecified atom stereocenters. The molecule has 0 spiro atoms. The molecule has 0 aliphatic carbocycles. The van der Waals surface area contributed by atoms with E-state index in [1.165, 1.54) is 94.8 Å². The van der Waals surface area contributed by atoms with Gasteiger partial charge in [0, 0.05) is 21.6 Å². The summed E-state index contributed by atoms with van der Waals surface area (Å²) in [6.45, 7) is 4.44. The Bertz CT molecular complexity index is 1380. The third-order valence-electron chi connectivity index (χ3n) is 8.45. The number of benzene rings is 3. The van der Waals surface area contributed by atoms with Gasteiger partial charge in [0.05, 0.1) is 17.1 Å². The van der Waals surface area contributed by atoms with Crippen molar-refractivity contribution in [3.8, 4) is 39.7 Å². The van der Waals surface area contributed by atoms with Crippen molar-refractivity contribution in [2.75, 3.05) is 5.75 Å². The van der Waals surface area contributed by atoms with Crippen molar-refractivity contribution >= 4 is 11.8 Å². The van der Waals surface area contributed by atoms with Gasteiger partial charge in [-0.2, -0.15) is 5.10 Å². The van der Waals surface area contributed by atoms with E-state index in [-0.39, 0.29) is 11.5 Å². The van der Waals surface area contributed by atoms with Gasteiger partial charge in [-0.05, 0) is 85.3 Å². The molecular weight excluding hydrogens is 561 g/mol. The fourth-order valence-electron chi connectivity index (χ4n) is 5.93. The maximum atomic E-state index is 9.94. The molecule has 0 aliphatic heterocycles. The Labute approximate surface area is 269 Å². The summed E-state index contributed by atoms with van der Waals surface area (Å²) in [5, 5.41) is 24.9. The van der Waals surface area contributed by atoms with Crippen molar-refractivity contribution in [3.05, 3.63) is 78.4 Å². The molecule has 4 nitrogen and oxygen atoms in total. The van der Waals surface area contributed by atoms with Crippen LogP contribution in [0.5, 0.6) is 11.5 Å². The molecule has 0 atom stereocenters. The van der Waals surface area contributed by atoms with Crippen LogP contribution in [-0.2, 0) is 6.42 Å². The number of nitrogens with zero attached hydrogens (tertiary/aromatic N) is 2. The smallest absolute Gasteiger partial charge is 0.115 e. The van der Waals surface area contributed by atoms with Crippen molar-refractivity contribution in [1.29, 1.82) is 0 Å². The molecule has 236 valence electrons. The molecule has 0 radical (unpaired) electrons. The second-order valence-electron chi connectivity index (χ2n) is 12.0. The molecule has 0 amide bonds. The minimum atomic E-state index is 0.244. The van der Waals surface area contributed by atoms with E-state index in [0.717, 1.165) is 45.9 Å². The molecule has 0 aliphatic rings. The Balaban J connectivity index is 1.31. The van der Waals surface area contributed by atoms with Crippen LogP contribution in [-0.4, -0.2) is 25.7 Å². The number of thioether (sulfide) groups is 1. The van der Waals surface area contributed by atoms with E-state index in [1.54, 1.807) is 24.3 Å². The van der Waals surface area contributed by atoms with Crippen molar-refractivity contribution in [1.82, 2.24) is 9.78 Å². The summed E-state index contributed by atoms with van der Waals surface area (Å²) in [6, 6.07) is 23.3. The number of aromatic hydroxyl groups is 2. The van der Waals surface area contributed by atoms with Gasteiger partial charge in [0.25, 0.3) is 0 Å². The third-order valence-corrected chi connectivity index (χ3v) is 9.53. The molecule has 0 saturated heterocycles. The lowest BCUT2D eigenvalue weighted by Gasteiger charge is -2.11. The number of unbranched alkanes of at least 4 members (excludes halogenated alkanes) is 13. The van der Waals surface area contributed by atoms with Crippen LogP contribution in [0.4, 0.5) is 0 Å². The standard InChI is InChI=1S/C39H52N2O2S/c1-3-5-6-7-8-9-10-11-12-13-14-15-16-17-29-44-36-20-18-19-33(30-36)41-39(32-23-27-35(43)28-24-32)37(4-2)38(40-41)31-21-25-34(42)26-22-31/h18-28,30,42-43H,3-17,29H2,1-2H3. The van der Waals surface area contributed by atoms with Gasteiger partial charge in [-0.1, -0.05) is 103 Å². The minimum Gasteiger partial charge on any atom is -0.508 e. The number of rotatable bonds is 20. The summed E-state index contributed by atoms with van der Waals surface area (Å²) in [6.07, 6.45) is 20.2. The van der Waals surface area contributed by atoms with E-state index in [0.29, 0.717) is 0 Å². The maximum Gasteiger partial charge on any atom is 0.115 e. The number of phenolic OH excluding ortho intramolecular Hbond substituents is 2. The highest BCUT2D eigenvalue weighted by Gasteiger charge is 2.21. The summed E-state index contributed by atoms with van der Waals surface area (Å²) >= 11 is 1.93. The molecule has 5 heteroatoms. The van der Waals surface area contributed by atoms with Crippen LogP contribution in [0.3, 0.4) is 0 Å². The molecule has 2 N–H and O–H groups in total. The average molecular weight is 613 g/mol. The molecular formula is C39H52N2O2S. The molecule has 4 rings (SSSR count). The van der Waals surface area contributed by atoms with Crippen molar-refractivity contribution in [2.24, 2.45) is 0 Å². The molecule has 1 heterocycles. The summed E-state index contributed by atoms with van der Waals surface area (Å²) < 4.78 is 2.05. The van der Waals surface area contributed by atoms with Crippen molar-refractivity contribution in [3.63, 3.8) is 0 Å². The first kappa shape index (κ1) is 33.7. The number of hydrogen-bond acceptors (Lipinski definition) is 4. The highest BCUT2D eigenvalue weighted by molar-refractivity contribution is 7.99. The Morgan fingerprint density at radius 2 is 1.14 bits per heavy atom. The van der Waals surface area contributed by atoms with Crippen molar-refractivity contribution < 1.29 is 10.2 Å². The first-order valence-corrected chi connectivity index (χ1v) is 18.0. The molecule has 0 saturated carbocycles. The largest absolute Gasteiger partial charge is 0.508 e. The zero-order valence-electron chi connectivity index (χ0n) is 26.9. The maximum absolute atomic E-state index is 9.94. The van der Waals surface area contributed by atoms with Gasteiger partial charge >= 0.3 is 0 Å². The van der Waals surface area contributed by atoms with Gasteiger partial charge in [-0.25, -0.2) is 4.68 Å². The SMILES string of the molecule is CCCCCCCCCCCCCCCCSc1cccc(-n2nc(-c3ccc(O)cc3)c(CC)c2-c2ccc(O)cc2)c1. The topological polar surface area (TPSA) is 58.3 Å². The molecule has 0 fully saturated rings. The second-order valence-corrected chi connectivity index (χ2v) is 13.1. The summed E-state index contributed by atoms with van der Waals surface area (Å²) in [4.78, 5) is 1.26. The molecule has 0 bridgehead atoms. The first-order valence-electron chi connectivity index (χ1n) is 17.0. The second kappa shape index (κ2) is 18.6. The fraction of sp³-hybridized carbons (Fsp3) is 0.462. The highest BCUT2D eigenvalue weighted by Crippen LogP contribution is 2.36. The van der Waals surface area contributed by atoms with Crippen LogP contribution in [0.25, 0.3) is 28.2 Å². The van der Waals surface area contributed by atoms with Crippen LogP contribution in [0.1, 0.15) is 109 Å². The minimum absolute atomic E-state index is 0.244. The quantitative estimate of drug-likeness (QED) is 0.0770. The summed E-state index contributed by atoms with van der Waals surface area (Å²) in [5.41, 5.74) is 6.10. The lowest BCUT2D eigenvalue weighted by molar-refractivity contribution is 0.475. The molecule has 1 aromatic heterocycles. The predicted octanol–water partition coefficient (Wildman–Crippen LogP) is 11.8. The van der Waals surface area contributed by atoms with E-state index in [1.807, 2.05) is 40.7 Å². The predicted molar refractivity (Wildman–Crippen MR) is 188 cm³/mol.